The molecular weight excluding hydrogens is 280 g/mol. The average molecular weight is 298 g/mol. The number of hydrogen-bond donors (Lipinski definition) is 1. The Morgan fingerprint density at radius 2 is 1.73 bits per heavy atom. The average Bonchev–Trinajstić information content (AvgIpc) is 2.48. The molecule has 1 N–H and O–H groups in total. The summed E-state index contributed by atoms with van der Waals surface area (Å²) in [6, 6.07) is 13.6. The number of ether oxygens (including phenoxy) is 1. The molecule has 0 spiro atoms. The Hall–Kier alpha value is -2.62. The fraction of sp³-hybridized carbons (Fsp3) is 0.222. The van der Waals surface area contributed by atoms with Crippen molar-refractivity contribution in [2.45, 2.75) is 20.3 Å². The molecule has 0 fully saturated rings. The molecule has 0 aliphatic carbocycles. The van der Waals surface area contributed by atoms with Crippen molar-refractivity contribution in [1.82, 2.24) is 0 Å². The number of aromatic hydroxyl groups is 1. The van der Waals surface area contributed by atoms with Crippen molar-refractivity contribution < 1.29 is 19.4 Å². The monoisotopic (exact) mass is 298 g/mol. The van der Waals surface area contributed by atoms with E-state index in [1.165, 1.54) is 12.1 Å². The molecule has 0 amide bonds. The van der Waals surface area contributed by atoms with E-state index in [9.17, 15) is 14.7 Å². The van der Waals surface area contributed by atoms with E-state index in [4.69, 9.17) is 4.74 Å². The Kier molecular flexibility index (Phi) is 4.94. The molecule has 22 heavy (non-hydrogen) atoms. The lowest BCUT2D eigenvalue weighted by Crippen LogP contribution is -2.13. The van der Waals surface area contributed by atoms with Crippen molar-refractivity contribution in [3.63, 3.8) is 0 Å². The molecule has 0 unspecified atom stereocenters. The molecule has 0 aliphatic heterocycles. The van der Waals surface area contributed by atoms with E-state index in [1.54, 1.807) is 32.0 Å². The van der Waals surface area contributed by atoms with Gasteiger partial charge in [-0.15, -0.1) is 0 Å². The van der Waals surface area contributed by atoms with Crippen molar-refractivity contribution in [1.29, 1.82) is 0 Å². The van der Waals surface area contributed by atoms with Gasteiger partial charge in [0.05, 0.1) is 12.0 Å². The van der Waals surface area contributed by atoms with Crippen LogP contribution in [0.1, 0.15) is 30.6 Å². The second kappa shape index (κ2) is 6.89. The number of ketones is 2. The van der Waals surface area contributed by atoms with Crippen LogP contribution in [-0.4, -0.2) is 16.7 Å². The number of phenolic OH excluding ortho intramolecular Hbond substituents is 1. The van der Waals surface area contributed by atoms with Gasteiger partial charge in [0.15, 0.2) is 5.78 Å². The summed E-state index contributed by atoms with van der Waals surface area (Å²) in [6.07, 6.45) is -0.204. The molecule has 0 atom stereocenters. The Morgan fingerprint density at radius 1 is 1.05 bits per heavy atom. The number of para-hydroxylation sites is 1. The van der Waals surface area contributed by atoms with Gasteiger partial charge in [-0.25, -0.2) is 0 Å². The summed E-state index contributed by atoms with van der Waals surface area (Å²) in [5, 5.41) is 9.98. The summed E-state index contributed by atoms with van der Waals surface area (Å²) < 4.78 is 5.57. The van der Waals surface area contributed by atoms with Gasteiger partial charge >= 0.3 is 0 Å². The minimum atomic E-state index is -0.387. The Labute approximate surface area is 129 Å². The SMILES string of the molecule is CC(C)C(=O)CC(=O)c1ccc(Oc2ccccc2)cc1O. The van der Waals surface area contributed by atoms with Crippen LogP contribution in [0.5, 0.6) is 17.2 Å². The third-order valence-corrected chi connectivity index (χ3v) is 3.23. The van der Waals surface area contributed by atoms with Crippen molar-refractivity contribution in [2.75, 3.05) is 0 Å². The maximum atomic E-state index is 12.0. The van der Waals surface area contributed by atoms with E-state index in [2.05, 4.69) is 0 Å². The van der Waals surface area contributed by atoms with E-state index in [0.717, 1.165) is 0 Å². The fourth-order valence-electron chi connectivity index (χ4n) is 1.89. The highest BCUT2D eigenvalue weighted by atomic mass is 16.5. The lowest BCUT2D eigenvalue weighted by molar-refractivity contribution is -0.121. The van der Waals surface area contributed by atoms with Crippen LogP contribution in [0, 0.1) is 5.92 Å². The Bertz CT molecular complexity index is 675. The first-order valence-corrected chi connectivity index (χ1v) is 7.09. The zero-order valence-corrected chi connectivity index (χ0v) is 12.6. The van der Waals surface area contributed by atoms with E-state index in [-0.39, 0.29) is 35.2 Å². The number of benzene rings is 2. The predicted molar refractivity (Wildman–Crippen MR) is 83.4 cm³/mol. The largest absolute Gasteiger partial charge is 0.507 e. The topological polar surface area (TPSA) is 63.6 Å². The van der Waals surface area contributed by atoms with Gasteiger partial charge in [-0.3, -0.25) is 9.59 Å². The quantitative estimate of drug-likeness (QED) is 0.647. The predicted octanol–water partition coefficient (Wildman–Crippen LogP) is 3.98. The summed E-state index contributed by atoms with van der Waals surface area (Å²) in [6.45, 7) is 3.48. The van der Waals surface area contributed by atoms with Gasteiger partial charge in [-0.2, -0.15) is 0 Å². The maximum absolute atomic E-state index is 12.0. The van der Waals surface area contributed by atoms with Gasteiger partial charge in [-0.05, 0) is 24.3 Å². The molecule has 0 aromatic heterocycles. The highest BCUT2D eigenvalue weighted by molar-refractivity contribution is 6.09. The van der Waals surface area contributed by atoms with Gasteiger partial charge < -0.3 is 9.84 Å². The molecule has 0 bridgehead atoms. The molecule has 0 saturated carbocycles. The standard InChI is InChI=1S/C18H18O4/c1-12(2)16(19)11-18(21)15-9-8-14(10-17(15)20)22-13-6-4-3-5-7-13/h3-10,12,20H,11H2,1-2H3. The van der Waals surface area contributed by atoms with E-state index in [0.29, 0.717) is 11.5 Å². The highest BCUT2D eigenvalue weighted by Gasteiger charge is 2.18. The van der Waals surface area contributed by atoms with Crippen LogP contribution in [-0.2, 0) is 4.79 Å². The van der Waals surface area contributed by atoms with E-state index < -0.39 is 0 Å². The van der Waals surface area contributed by atoms with Crippen LogP contribution < -0.4 is 4.74 Å². The molecule has 4 heteroatoms. The van der Waals surface area contributed by atoms with Crippen molar-refractivity contribution >= 4 is 11.6 Å². The van der Waals surface area contributed by atoms with Gasteiger partial charge in [-0.1, -0.05) is 32.0 Å². The van der Waals surface area contributed by atoms with Crippen LogP contribution in [0.2, 0.25) is 0 Å². The molecule has 0 aliphatic rings. The molecule has 0 saturated heterocycles. The number of carbonyl (C=O) groups is 2. The molecule has 2 aromatic rings. The summed E-state index contributed by atoms with van der Waals surface area (Å²) in [5.41, 5.74) is 0.134. The van der Waals surface area contributed by atoms with Gasteiger partial charge in [0, 0.05) is 12.0 Å². The smallest absolute Gasteiger partial charge is 0.173 e. The molecule has 4 nitrogen and oxygen atoms in total. The normalized spacial score (nSPS) is 10.5. The van der Waals surface area contributed by atoms with E-state index in [1.807, 2.05) is 18.2 Å². The minimum Gasteiger partial charge on any atom is -0.507 e. The summed E-state index contributed by atoms with van der Waals surface area (Å²) in [5.74, 6) is 0.143. The fourth-order valence-corrected chi connectivity index (χ4v) is 1.89. The molecular formula is C18H18O4. The number of rotatable bonds is 6. The van der Waals surface area contributed by atoms with Crippen LogP contribution in [0.25, 0.3) is 0 Å². The highest BCUT2D eigenvalue weighted by Crippen LogP contribution is 2.28. The van der Waals surface area contributed by atoms with Gasteiger partial charge in [0.25, 0.3) is 0 Å². The third kappa shape index (κ3) is 3.95. The van der Waals surface area contributed by atoms with E-state index >= 15 is 0 Å². The lowest BCUT2D eigenvalue weighted by atomic mass is 9.99. The number of carbonyl (C=O) groups excluding carboxylic acids is 2. The number of phenols is 1. The first-order chi connectivity index (χ1) is 10.5. The summed E-state index contributed by atoms with van der Waals surface area (Å²) >= 11 is 0. The maximum Gasteiger partial charge on any atom is 0.173 e. The second-order valence-corrected chi connectivity index (χ2v) is 5.32. The zero-order chi connectivity index (χ0) is 16.1. The lowest BCUT2D eigenvalue weighted by Gasteiger charge is -2.09. The van der Waals surface area contributed by atoms with Crippen molar-refractivity contribution in [2.24, 2.45) is 5.92 Å². The number of hydrogen-bond acceptors (Lipinski definition) is 4. The van der Waals surface area contributed by atoms with Crippen molar-refractivity contribution in [3.05, 3.63) is 54.1 Å². The van der Waals surface area contributed by atoms with Crippen LogP contribution in [0.4, 0.5) is 0 Å². The third-order valence-electron chi connectivity index (χ3n) is 3.23. The molecule has 0 heterocycles. The molecule has 0 radical (unpaired) electrons. The molecule has 114 valence electrons. The molecule has 2 rings (SSSR count). The van der Waals surface area contributed by atoms with Crippen LogP contribution in [0.3, 0.4) is 0 Å². The Morgan fingerprint density at radius 3 is 2.32 bits per heavy atom. The zero-order valence-electron chi connectivity index (χ0n) is 12.6. The Balaban J connectivity index is 2.12. The first kappa shape index (κ1) is 15.8. The van der Waals surface area contributed by atoms with Crippen LogP contribution in [0.15, 0.2) is 48.5 Å². The summed E-state index contributed by atoms with van der Waals surface area (Å²) in [7, 11) is 0. The molecule has 2 aromatic carbocycles. The van der Waals surface area contributed by atoms with Gasteiger partial charge in [0.2, 0.25) is 0 Å². The number of Topliss-reactive ketones (excluding diaryl/α,β-unsaturated/α-hetero) is 2. The van der Waals surface area contributed by atoms with Crippen molar-refractivity contribution in [3.8, 4) is 17.2 Å². The van der Waals surface area contributed by atoms with Gasteiger partial charge in [0.1, 0.15) is 23.0 Å². The van der Waals surface area contributed by atoms with Crippen LogP contribution >= 0.6 is 0 Å². The minimum absolute atomic E-state index is 0.134. The first-order valence-electron chi connectivity index (χ1n) is 7.09. The second-order valence-electron chi connectivity index (χ2n) is 5.32. The summed E-state index contributed by atoms with van der Waals surface area (Å²) in [4.78, 5) is 23.6.